The second-order valence-corrected chi connectivity index (χ2v) is 4.42. The van der Waals surface area contributed by atoms with Gasteiger partial charge in [0, 0.05) is 18.5 Å². The first-order valence-electron chi connectivity index (χ1n) is 4.49. The van der Waals surface area contributed by atoms with E-state index < -0.39 is 0 Å². The Morgan fingerprint density at radius 2 is 1.67 bits per heavy atom. The summed E-state index contributed by atoms with van der Waals surface area (Å²) in [5, 5.41) is 0.298. The smallest absolute Gasteiger partial charge is 0.0320 e. The number of rotatable bonds is 6. The Kier molecular flexibility index (Phi) is 6.81. The first-order valence-corrected chi connectivity index (χ1v) is 4.93. The zero-order valence-electron chi connectivity index (χ0n) is 8.68. The van der Waals surface area contributed by atoms with Gasteiger partial charge in [0.25, 0.3) is 0 Å². The molecule has 0 aliphatic heterocycles. The first kappa shape index (κ1) is 12.2. The summed E-state index contributed by atoms with van der Waals surface area (Å²) >= 11 is 5.85. The van der Waals surface area contributed by atoms with Crippen LogP contribution in [0.2, 0.25) is 0 Å². The van der Waals surface area contributed by atoms with Gasteiger partial charge in [-0.1, -0.05) is 0 Å². The van der Waals surface area contributed by atoms with Crippen molar-refractivity contribution >= 4 is 11.6 Å². The topological polar surface area (TPSA) is 6.48 Å². The molecule has 0 bridgehead atoms. The van der Waals surface area contributed by atoms with Gasteiger partial charge in [-0.05, 0) is 41.0 Å². The molecule has 0 aromatic carbocycles. The van der Waals surface area contributed by atoms with Crippen LogP contribution in [-0.2, 0) is 0 Å². The Hall–Kier alpha value is 0.210. The summed E-state index contributed by atoms with van der Waals surface area (Å²) in [4.78, 5) is 4.51. The van der Waals surface area contributed by atoms with Crippen LogP contribution >= 0.6 is 11.6 Å². The SMILES string of the molecule is CC(Cl)CCN(C)CCN(C)C. The molecule has 0 aromatic rings. The molecule has 1 atom stereocenters. The van der Waals surface area contributed by atoms with Crippen molar-refractivity contribution in [2.75, 3.05) is 40.8 Å². The maximum Gasteiger partial charge on any atom is 0.0320 e. The molecule has 0 fully saturated rings. The fourth-order valence-electron chi connectivity index (χ4n) is 0.881. The zero-order chi connectivity index (χ0) is 9.56. The highest BCUT2D eigenvalue weighted by Gasteiger charge is 2.01. The highest BCUT2D eigenvalue weighted by molar-refractivity contribution is 6.20. The van der Waals surface area contributed by atoms with Crippen molar-refractivity contribution in [3.63, 3.8) is 0 Å². The van der Waals surface area contributed by atoms with Gasteiger partial charge in [0.1, 0.15) is 0 Å². The minimum atomic E-state index is 0.298. The van der Waals surface area contributed by atoms with E-state index in [9.17, 15) is 0 Å². The van der Waals surface area contributed by atoms with Gasteiger partial charge in [0.2, 0.25) is 0 Å². The molecule has 2 nitrogen and oxygen atoms in total. The second-order valence-electron chi connectivity index (χ2n) is 3.68. The third-order valence-corrected chi connectivity index (χ3v) is 2.06. The van der Waals surface area contributed by atoms with Gasteiger partial charge in [-0.2, -0.15) is 0 Å². The van der Waals surface area contributed by atoms with Crippen LogP contribution in [0.5, 0.6) is 0 Å². The van der Waals surface area contributed by atoms with Crippen molar-refractivity contribution in [3.8, 4) is 0 Å². The maximum atomic E-state index is 5.85. The van der Waals surface area contributed by atoms with Gasteiger partial charge in [-0.3, -0.25) is 0 Å². The highest BCUT2D eigenvalue weighted by atomic mass is 35.5. The molecule has 0 aliphatic carbocycles. The maximum absolute atomic E-state index is 5.85. The van der Waals surface area contributed by atoms with Gasteiger partial charge in [-0.25, -0.2) is 0 Å². The molecule has 0 saturated heterocycles. The summed E-state index contributed by atoms with van der Waals surface area (Å²) in [6.45, 7) is 5.38. The van der Waals surface area contributed by atoms with Crippen LogP contribution in [0.15, 0.2) is 0 Å². The van der Waals surface area contributed by atoms with E-state index in [2.05, 4.69) is 30.9 Å². The normalized spacial score (nSPS) is 14.2. The van der Waals surface area contributed by atoms with E-state index in [-0.39, 0.29) is 0 Å². The van der Waals surface area contributed by atoms with Crippen LogP contribution < -0.4 is 0 Å². The molecule has 0 N–H and O–H groups in total. The minimum absolute atomic E-state index is 0.298. The summed E-state index contributed by atoms with van der Waals surface area (Å²) in [5.41, 5.74) is 0. The third-order valence-electron chi connectivity index (χ3n) is 1.84. The lowest BCUT2D eigenvalue weighted by Crippen LogP contribution is -2.30. The van der Waals surface area contributed by atoms with Crippen LogP contribution in [0, 0.1) is 0 Å². The van der Waals surface area contributed by atoms with Gasteiger partial charge < -0.3 is 9.80 Å². The van der Waals surface area contributed by atoms with Crippen LogP contribution in [-0.4, -0.2) is 56.0 Å². The van der Waals surface area contributed by atoms with Gasteiger partial charge >= 0.3 is 0 Å². The van der Waals surface area contributed by atoms with E-state index in [4.69, 9.17) is 11.6 Å². The molecular formula is C9H21ClN2. The monoisotopic (exact) mass is 192 g/mol. The average molecular weight is 193 g/mol. The van der Waals surface area contributed by atoms with Crippen molar-refractivity contribution < 1.29 is 0 Å². The molecular weight excluding hydrogens is 172 g/mol. The van der Waals surface area contributed by atoms with E-state index in [0.29, 0.717) is 5.38 Å². The Balaban J connectivity index is 3.27. The minimum Gasteiger partial charge on any atom is -0.308 e. The lowest BCUT2D eigenvalue weighted by Gasteiger charge is -2.19. The van der Waals surface area contributed by atoms with E-state index in [1.807, 2.05) is 6.92 Å². The van der Waals surface area contributed by atoms with E-state index >= 15 is 0 Å². The molecule has 3 heteroatoms. The van der Waals surface area contributed by atoms with Crippen LogP contribution in [0.1, 0.15) is 13.3 Å². The van der Waals surface area contributed by atoms with Crippen molar-refractivity contribution in [2.24, 2.45) is 0 Å². The molecule has 0 aliphatic rings. The van der Waals surface area contributed by atoms with Crippen molar-refractivity contribution in [3.05, 3.63) is 0 Å². The van der Waals surface area contributed by atoms with Crippen molar-refractivity contribution in [1.29, 1.82) is 0 Å². The molecule has 0 rings (SSSR count). The molecule has 0 spiro atoms. The van der Waals surface area contributed by atoms with E-state index in [1.165, 1.54) is 0 Å². The summed E-state index contributed by atoms with van der Waals surface area (Å²) in [6, 6.07) is 0. The number of likely N-dealkylation sites (N-methyl/N-ethyl adjacent to an activating group) is 2. The van der Waals surface area contributed by atoms with E-state index in [0.717, 1.165) is 26.1 Å². The fraction of sp³-hybridized carbons (Fsp3) is 1.00. The summed E-state index contributed by atoms with van der Waals surface area (Å²) in [7, 11) is 6.33. The van der Waals surface area contributed by atoms with Gasteiger partial charge in [0.05, 0.1) is 0 Å². The number of hydrogen-bond acceptors (Lipinski definition) is 2. The lowest BCUT2D eigenvalue weighted by molar-refractivity contribution is 0.279. The number of hydrogen-bond donors (Lipinski definition) is 0. The van der Waals surface area contributed by atoms with Gasteiger partial charge in [-0.15, -0.1) is 11.6 Å². The highest BCUT2D eigenvalue weighted by Crippen LogP contribution is 2.00. The quantitative estimate of drug-likeness (QED) is 0.589. The Bertz CT molecular complexity index is 92.7. The molecule has 0 radical (unpaired) electrons. The van der Waals surface area contributed by atoms with Crippen LogP contribution in [0.3, 0.4) is 0 Å². The van der Waals surface area contributed by atoms with Crippen LogP contribution in [0.4, 0.5) is 0 Å². The molecule has 1 unspecified atom stereocenters. The lowest BCUT2D eigenvalue weighted by atomic mass is 10.3. The molecule has 0 saturated carbocycles. The Morgan fingerprint density at radius 1 is 1.08 bits per heavy atom. The zero-order valence-corrected chi connectivity index (χ0v) is 9.43. The summed E-state index contributed by atoms with van der Waals surface area (Å²) < 4.78 is 0. The molecule has 12 heavy (non-hydrogen) atoms. The number of halogens is 1. The number of alkyl halides is 1. The third kappa shape index (κ3) is 8.31. The fourth-order valence-corrected chi connectivity index (χ4v) is 0.978. The molecule has 0 aromatic heterocycles. The predicted octanol–water partition coefficient (Wildman–Crippen LogP) is 1.50. The van der Waals surface area contributed by atoms with Crippen LogP contribution in [0.25, 0.3) is 0 Å². The number of nitrogens with zero attached hydrogens (tertiary/aromatic N) is 2. The average Bonchev–Trinajstić information content (AvgIpc) is 1.96. The van der Waals surface area contributed by atoms with Gasteiger partial charge in [0.15, 0.2) is 0 Å². The standard InChI is InChI=1S/C9H21ClN2/c1-9(10)5-6-12(4)8-7-11(2)3/h9H,5-8H2,1-4H3. The molecule has 0 amide bonds. The summed E-state index contributed by atoms with van der Waals surface area (Å²) in [5.74, 6) is 0. The van der Waals surface area contributed by atoms with Crippen molar-refractivity contribution in [2.45, 2.75) is 18.7 Å². The van der Waals surface area contributed by atoms with Crippen molar-refractivity contribution in [1.82, 2.24) is 9.80 Å². The Morgan fingerprint density at radius 3 is 2.08 bits per heavy atom. The molecule has 0 heterocycles. The van der Waals surface area contributed by atoms with E-state index in [1.54, 1.807) is 0 Å². The first-order chi connectivity index (χ1) is 5.52. The second kappa shape index (κ2) is 6.70. The Labute approximate surface area is 81.5 Å². The predicted molar refractivity (Wildman–Crippen MR) is 56.0 cm³/mol. The summed E-state index contributed by atoms with van der Waals surface area (Å²) in [6.07, 6.45) is 1.07. The molecule has 74 valence electrons. The largest absolute Gasteiger partial charge is 0.308 e.